The van der Waals surface area contributed by atoms with Crippen LogP contribution in [0.1, 0.15) is 5.56 Å². The summed E-state index contributed by atoms with van der Waals surface area (Å²) in [6.45, 7) is 1.96. The van der Waals surface area contributed by atoms with Crippen LogP contribution in [0.25, 0.3) is 11.3 Å². The normalized spacial score (nSPS) is 10.2. The number of ether oxygens (including phenoxy) is 2. The summed E-state index contributed by atoms with van der Waals surface area (Å²) in [6.07, 6.45) is 1.65. The van der Waals surface area contributed by atoms with E-state index in [1.807, 2.05) is 19.1 Å². The van der Waals surface area contributed by atoms with Crippen molar-refractivity contribution in [1.82, 2.24) is 4.98 Å². The van der Waals surface area contributed by atoms with E-state index in [9.17, 15) is 0 Å². The van der Waals surface area contributed by atoms with Gasteiger partial charge in [-0.1, -0.05) is 0 Å². The standard InChI is InChI=1S/C13H16N2O3/c1-8-5-11(17-4)9(6-10(8)16-3)12-7-15-13(14-2)18-12/h5-7H,1-4H3,(H,14,15). The van der Waals surface area contributed by atoms with Crippen molar-refractivity contribution in [3.8, 4) is 22.8 Å². The average molecular weight is 248 g/mol. The second-order valence-corrected chi connectivity index (χ2v) is 3.80. The Morgan fingerprint density at radius 2 is 1.89 bits per heavy atom. The van der Waals surface area contributed by atoms with Crippen molar-refractivity contribution in [2.45, 2.75) is 6.92 Å². The highest BCUT2D eigenvalue weighted by Crippen LogP contribution is 2.36. The molecule has 2 aromatic rings. The number of nitrogens with zero attached hydrogens (tertiary/aromatic N) is 1. The number of hydrogen-bond donors (Lipinski definition) is 1. The Hall–Kier alpha value is -2.17. The van der Waals surface area contributed by atoms with Gasteiger partial charge in [-0.05, 0) is 24.6 Å². The molecule has 0 fully saturated rings. The third-order valence-electron chi connectivity index (χ3n) is 2.70. The lowest BCUT2D eigenvalue weighted by Crippen LogP contribution is -1.92. The summed E-state index contributed by atoms with van der Waals surface area (Å²) < 4.78 is 16.2. The molecule has 1 N–H and O–H groups in total. The van der Waals surface area contributed by atoms with Crippen molar-refractivity contribution in [2.75, 3.05) is 26.6 Å². The molecule has 1 aromatic heterocycles. The molecule has 0 amide bonds. The highest BCUT2D eigenvalue weighted by atomic mass is 16.5. The Bertz CT molecular complexity index is 549. The van der Waals surface area contributed by atoms with Crippen molar-refractivity contribution in [3.63, 3.8) is 0 Å². The smallest absolute Gasteiger partial charge is 0.294 e. The first-order valence-electron chi connectivity index (χ1n) is 5.56. The van der Waals surface area contributed by atoms with E-state index >= 15 is 0 Å². The maximum atomic E-state index is 5.54. The third kappa shape index (κ3) is 2.11. The number of nitrogens with one attached hydrogen (secondary N) is 1. The van der Waals surface area contributed by atoms with Gasteiger partial charge in [0.15, 0.2) is 5.76 Å². The lowest BCUT2D eigenvalue weighted by Gasteiger charge is -2.11. The van der Waals surface area contributed by atoms with Crippen molar-refractivity contribution in [3.05, 3.63) is 23.9 Å². The molecule has 96 valence electrons. The summed E-state index contributed by atoms with van der Waals surface area (Å²) >= 11 is 0. The van der Waals surface area contributed by atoms with E-state index in [2.05, 4.69) is 10.3 Å². The molecule has 0 saturated carbocycles. The van der Waals surface area contributed by atoms with Crippen molar-refractivity contribution in [2.24, 2.45) is 0 Å². The molecular formula is C13H16N2O3. The zero-order valence-corrected chi connectivity index (χ0v) is 10.9. The van der Waals surface area contributed by atoms with Crippen LogP contribution >= 0.6 is 0 Å². The number of aromatic nitrogens is 1. The molecule has 0 aliphatic rings. The number of oxazole rings is 1. The zero-order valence-electron chi connectivity index (χ0n) is 10.9. The van der Waals surface area contributed by atoms with Crippen LogP contribution in [-0.4, -0.2) is 26.3 Å². The topological polar surface area (TPSA) is 56.5 Å². The van der Waals surface area contributed by atoms with Gasteiger partial charge in [0.05, 0.1) is 26.0 Å². The van der Waals surface area contributed by atoms with Gasteiger partial charge in [-0.25, -0.2) is 4.98 Å². The molecule has 0 saturated heterocycles. The van der Waals surface area contributed by atoms with E-state index in [-0.39, 0.29) is 0 Å². The predicted octanol–water partition coefficient (Wildman–Crippen LogP) is 2.71. The van der Waals surface area contributed by atoms with Crippen LogP contribution in [0, 0.1) is 6.92 Å². The van der Waals surface area contributed by atoms with E-state index in [1.165, 1.54) is 0 Å². The molecule has 0 aliphatic heterocycles. The number of aryl methyl sites for hydroxylation is 1. The minimum Gasteiger partial charge on any atom is -0.496 e. The van der Waals surface area contributed by atoms with E-state index in [0.717, 1.165) is 22.6 Å². The van der Waals surface area contributed by atoms with E-state index in [0.29, 0.717) is 11.8 Å². The summed E-state index contributed by atoms with van der Waals surface area (Å²) in [7, 11) is 5.01. The number of rotatable bonds is 4. The van der Waals surface area contributed by atoms with Crippen LogP contribution in [0.5, 0.6) is 11.5 Å². The number of hydrogen-bond acceptors (Lipinski definition) is 5. The molecule has 5 heteroatoms. The van der Waals surface area contributed by atoms with Gasteiger partial charge in [-0.15, -0.1) is 0 Å². The fraction of sp³-hybridized carbons (Fsp3) is 0.308. The Balaban J connectivity index is 2.54. The van der Waals surface area contributed by atoms with Crippen molar-refractivity contribution in [1.29, 1.82) is 0 Å². The fourth-order valence-corrected chi connectivity index (χ4v) is 1.76. The summed E-state index contributed by atoms with van der Waals surface area (Å²) in [5.74, 6) is 2.15. The average Bonchev–Trinajstić information content (AvgIpc) is 2.87. The molecule has 0 atom stereocenters. The van der Waals surface area contributed by atoms with Gasteiger partial charge in [0.2, 0.25) is 0 Å². The first-order chi connectivity index (χ1) is 8.69. The fourth-order valence-electron chi connectivity index (χ4n) is 1.76. The summed E-state index contributed by atoms with van der Waals surface area (Å²) in [4.78, 5) is 4.09. The summed E-state index contributed by atoms with van der Waals surface area (Å²) in [6, 6.07) is 4.26. The quantitative estimate of drug-likeness (QED) is 0.901. The van der Waals surface area contributed by atoms with Crippen LogP contribution in [0.4, 0.5) is 6.01 Å². The Labute approximate surface area is 106 Å². The first kappa shape index (κ1) is 12.3. The van der Waals surface area contributed by atoms with E-state index in [1.54, 1.807) is 27.5 Å². The molecule has 0 spiro atoms. The van der Waals surface area contributed by atoms with Gasteiger partial charge in [0.25, 0.3) is 6.01 Å². The molecule has 1 heterocycles. The van der Waals surface area contributed by atoms with Crippen molar-refractivity contribution < 1.29 is 13.9 Å². The van der Waals surface area contributed by atoms with Crippen LogP contribution in [0.2, 0.25) is 0 Å². The number of anilines is 1. The Morgan fingerprint density at radius 3 is 2.44 bits per heavy atom. The molecule has 1 aromatic carbocycles. The zero-order chi connectivity index (χ0) is 13.1. The van der Waals surface area contributed by atoms with Gasteiger partial charge in [0.1, 0.15) is 11.5 Å². The number of benzene rings is 1. The largest absolute Gasteiger partial charge is 0.496 e. The third-order valence-corrected chi connectivity index (χ3v) is 2.70. The van der Waals surface area contributed by atoms with Crippen LogP contribution in [0.15, 0.2) is 22.7 Å². The maximum absolute atomic E-state index is 5.54. The van der Waals surface area contributed by atoms with Gasteiger partial charge < -0.3 is 19.2 Å². The summed E-state index contributed by atoms with van der Waals surface area (Å²) in [5.41, 5.74) is 1.82. The summed E-state index contributed by atoms with van der Waals surface area (Å²) in [5, 5.41) is 2.84. The molecule has 5 nitrogen and oxygen atoms in total. The monoisotopic (exact) mass is 248 g/mol. The predicted molar refractivity (Wildman–Crippen MR) is 69.3 cm³/mol. The highest BCUT2D eigenvalue weighted by Gasteiger charge is 2.14. The second kappa shape index (κ2) is 5.00. The van der Waals surface area contributed by atoms with Crippen LogP contribution in [-0.2, 0) is 0 Å². The SMILES string of the molecule is CNc1ncc(-c2cc(OC)c(C)cc2OC)o1. The van der Waals surface area contributed by atoms with Crippen LogP contribution in [0.3, 0.4) is 0 Å². The van der Waals surface area contributed by atoms with Crippen molar-refractivity contribution >= 4 is 6.01 Å². The minimum atomic E-state index is 0.464. The Kier molecular flexibility index (Phi) is 3.41. The van der Waals surface area contributed by atoms with Gasteiger partial charge in [0, 0.05) is 7.05 Å². The minimum absolute atomic E-state index is 0.464. The van der Waals surface area contributed by atoms with Gasteiger partial charge in [-0.2, -0.15) is 0 Å². The molecule has 18 heavy (non-hydrogen) atoms. The first-order valence-corrected chi connectivity index (χ1v) is 5.56. The number of methoxy groups -OCH3 is 2. The van der Waals surface area contributed by atoms with E-state index < -0.39 is 0 Å². The molecule has 0 aliphatic carbocycles. The molecule has 0 bridgehead atoms. The highest BCUT2D eigenvalue weighted by molar-refractivity contribution is 5.69. The van der Waals surface area contributed by atoms with Crippen LogP contribution < -0.4 is 14.8 Å². The van der Waals surface area contributed by atoms with Gasteiger partial charge in [-0.3, -0.25) is 0 Å². The molecule has 0 radical (unpaired) electrons. The second-order valence-electron chi connectivity index (χ2n) is 3.80. The maximum Gasteiger partial charge on any atom is 0.294 e. The molecular weight excluding hydrogens is 232 g/mol. The lowest BCUT2D eigenvalue weighted by molar-refractivity contribution is 0.400. The van der Waals surface area contributed by atoms with Gasteiger partial charge >= 0.3 is 0 Å². The van der Waals surface area contributed by atoms with E-state index in [4.69, 9.17) is 13.9 Å². The molecule has 2 rings (SSSR count). The Morgan fingerprint density at radius 1 is 1.17 bits per heavy atom. The lowest BCUT2D eigenvalue weighted by atomic mass is 10.1. The molecule has 0 unspecified atom stereocenters.